The number of para-hydroxylation sites is 1. The Labute approximate surface area is 164 Å². The van der Waals surface area contributed by atoms with Crippen LogP contribution < -0.4 is 4.74 Å². The van der Waals surface area contributed by atoms with Crippen LogP contribution in [-0.2, 0) is 13.0 Å². The average Bonchev–Trinajstić information content (AvgIpc) is 3.25. The summed E-state index contributed by atoms with van der Waals surface area (Å²) in [6, 6.07) is 11.7. The number of aryl methyl sites for hydroxylation is 1. The molecule has 3 heterocycles. The van der Waals surface area contributed by atoms with Crippen LogP contribution in [0.4, 0.5) is 0 Å². The molecular weight excluding hydrogens is 354 g/mol. The zero-order valence-electron chi connectivity index (χ0n) is 16.2. The first-order valence-corrected chi connectivity index (χ1v) is 9.53. The molecule has 146 valence electrons. The summed E-state index contributed by atoms with van der Waals surface area (Å²) in [5.74, 6) is 2.32. The molecule has 1 fully saturated rings. The first-order valence-electron chi connectivity index (χ1n) is 9.53. The van der Waals surface area contributed by atoms with Gasteiger partial charge in [-0.1, -0.05) is 12.1 Å². The SMILES string of the molecule is COc1ccccc1-c1nc(CN2C[C@@H](Cc3ccncc3)[C@@H](O)C2)c(C)o1. The lowest BCUT2D eigenvalue weighted by Crippen LogP contribution is -2.22. The number of likely N-dealkylation sites (tertiary alicyclic amines) is 1. The molecule has 1 aromatic carbocycles. The molecule has 0 spiro atoms. The molecule has 0 aliphatic carbocycles. The highest BCUT2D eigenvalue weighted by Crippen LogP contribution is 2.31. The van der Waals surface area contributed by atoms with Crippen molar-refractivity contribution in [3.63, 3.8) is 0 Å². The first-order chi connectivity index (χ1) is 13.6. The van der Waals surface area contributed by atoms with Crippen LogP contribution in [-0.4, -0.2) is 46.3 Å². The smallest absolute Gasteiger partial charge is 0.230 e. The molecule has 1 aliphatic rings. The van der Waals surface area contributed by atoms with Gasteiger partial charge in [0.2, 0.25) is 5.89 Å². The minimum absolute atomic E-state index is 0.211. The fraction of sp³-hybridized carbons (Fsp3) is 0.364. The topological polar surface area (TPSA) is 71.6 Å². The van der Waals surface area contributed by atoms with Crippen LogP contribution in [0, 0.1) is 12.8 Å². The van der Waals surface area contributed by atoms with Crippen molar-refractivity contribution in [3.05, 3.63) is 65.8 Å². The number of pyridine rings is 1. The van der Waals surface area contributed by atoms with E-state index in [1.54, 1.807) is 19.5 Å². The van der Waals surface area contributed by atoms with Gasteiger partial charge >= 0.3 is 0 Å². The van der Waals surface area contributed by atoms with Crippen molar-refractivity contribution in [2.45, 2.75) is 26.0 Å². The predicted molar refractivity (Wildman–Crippen MR) is 106 cm³/mol. The minimum Gasteiger partial charge on any atom is -0.496 e. The quantitative estimate of drug-likeness (QED) is 0.710. The monoisotopic (exact) mass is 379 g/mol. The second-order valence-corrected chi connectivity index (χ2v) is 7.30. The van der Waals surface area contributed by atoms with E-state index in [1.807, 2.05) is 43.3 Å². The summed E-state index contributed by atoms with van der Waals surface area (Å²) in [7, 11) is 1.64. The number of benzene rings is 1. The van der Waals surface area contributed by atoms with E-state index >= 15 is 0 Å². The second kappa shape index (κ2) is 8.12. The van der Waals surface area contributed by atoms with E-state index in [0.717, 1.165) is 35.7 Å². The van der Waals surface area contributed by atoms with Gasteiger partial charge in [0.25, 0.3) is 0 Å². The summed E-state index contributed by atoms with van der Waals surface area (Å²) < 4.78 is 11.3. The van der Waals surface area contributed by atoms with Gasteiger partial charge in [-0.25, -0.2) is 4.98 Å². The molecule has 2 aromatic heterocycles. The Balaban J connectivity index is 1.46. The van der Waals surface area contributed by atoms with Gasteiger partial charge in [-0.05, 0) is 43.2 Å². The number of aliphatic hydroxyl groups excluding tert-OH is 1. The van der Waals surface area contributed by atoms with Crippen molar-refractivity contribution >= 4 is 0 Å². The van der Waals surface area contributed by atoms with Gasteiger partial charge in [0.1, 0.15) is 11.5 Å². The number of nitrogens with zero attached hydrogens (tertiary/aromatic N) is 3. The van der Waals surface area contributed by atoms with Crippen molar-refractivity contribution in [1.82, 2.24) is 14.9 Å². The lowest BCUT2D eigenvalue weighted by molar-refractivity contribution is 0.141. The maximum absolute atomic E-state index is 10.5. The van der Waals surface area contributed by atoms with Gasteiger partial charge in [0, 0.05) is 37.9 Å². The minimum atomic E-state index is -0.339. The van der Waals surface area contributed by atoms with E-state index in [2.05, 4.69) is 9.88 Å². The zero-order valence-corrected chi connectivity index (χ0v) is 16.2. The molecule has 6 nitrogen and oxygen atoms in total. The molecule has 0 bridgehead atoms. The summed E-state index contributed by atoms with van der Waals surface area (Å²) in [5, 5.41) is 10.5. The fourth-order valence-electron chi connectivity index (χ4n) is 3.82. The highest BCUT2D eigenvalue weighted by molar-refractivity contribution is 5.62. The first kappa shape index (κ1) is 18.7. The van der Waals surface area contributed by atoms with E-state index in [9.17, 15) is 5.11 Å². The third kappa shape index (κ3) is 3.93. The second-order valence-electron chi connectivity index (χ2n) is 7.30. The van der Waals surface area contributed by atoms with Gasteiger partial charge in [-0.15, -0.1) is 0 Å². The Kier molecular flexibility index (Phi) is 5.41. The number of β-amino-alcohol motifs (C(OH)–C–C–N with tert-alkyl or cyclic N) is 1. The van der Waals surface area contributed by atoms with Crippen molar-refractivity contribution in [3.8, 4) is 17.2 Å². The number of rotatable bonds is 6. The van der Waals surface area contributed by atoms with E-state index in [-0.39, 0.29) is 12.0 Å². The fourth-order valence-corrected chi connectivity index (χ4v) is 3.82. The van der Waals surface area contributed by atoms with Gasteiger partial charge in [-0.2, -0.15) is 0 Å². The lowest BCUT2D eigenvalue weighted by atomic mass is 9.97. The Morgan fingerprint density at radius 2 is 1.96 bits per heavy atom. The Morgan fingerprint density at radius 3 is 2.75 bits per heavy atom. The van der Waals surface area contributed by atoms with Crippen molar-refractivity contribution < 1.29 is 14.3 Å². The number of hydrogen-bond acceptors (Lipinski definition) is 6. The predicted octanol–water partition coefficient (Wildman–Crippen LogP) is 3.09. The molecule has 28 heavy (non-hydrogen) atoms. The molecule has 6 heteroatoms. The lowest BCUT2D eigenvalue weighted by Gasteiger charge is -2.14. The molecule has 4 rings (SSSR count). The highest BCUT2D eigenvalue weighted by Gasteiger charge is 2.32. The highest BCUT2D eigenvalue weighted by atomic mass is 16.5. The molecule has 1 saturated heterocycles. The van der Waals surface area contributed by atoms with Gasteiger partial charge in [0.15, 0.2) is 0 Å². The van der Waals surface area contributed by atoms with Crippen LogP contribution in [0.15, 0.2) is 53.2 Å². The molecule has 0 saturated carbocycles. The van der Waals surface area contributed by atoms with Crippen LogP contribution in [0.25, 0.3) is 11.5 Å². The normalized spacial score (nSPS) is 19.8. The number of aliphatic hydroxyl groups is 1. The van der Waals surface area contributed by atoms with Crippen LogP contribution in [0.5, 0.6) is 5.75 Å². The van der Waals surface area contributed by atoms with Crippen molar-refractivity contribution in [2.75, 3.05) is 20.2 Å². The Morgan fingerprint density at radius 1 is 1.18 bits per heavy atom. The molecule has 0 unspecified atom stereocenters. The van der Waals surface area contributed by atoms with E-state index < -0.39 is 0 Å². The zero-order chi connectivity index (χ0) is 19.5. The summed E-state index contributed by atoms with van der Waals surface area (Å²) in [6.07, 6.45) is 4.11. The number of aromatic nitrogens is 2. The third-order valence-corrected chi connectivity index (χ3v) is 5.33. The van der Waals surface area contributed by atoms with Gasteiger partial charge in [0.05, 0.1) is 24.5 Å². The van der Waals surface area contributed by atoms with Crippen LogP contribution in [0.3, 0.4) is 0 Å². The summed E-state index contributed by atoms with van der Waals surface area (Å²) in [6.45, 7) is 4.07. The molecule has 2 atom stereocenters. The molecule has 0 radical (unpaired) electrons. The Hall–Kier alpha value is -2.70. The van der Waals surface area contributed by atoms with Crippen molar-refractivity contribution in [1.29, 1.82) is 0 Å². The maximum Gasteiger partial charge on any atom is 0.230 e. The van der Waals surface area contributed by atoms with E-state index in [1.165, 1.54) is 5.56 Å². The molecule has 0 amide bonds. The standard InChI is InChI=1S/C22H25N3O3/c1-15-19(24-22(28-15)18-5-3-4-6-21(18)27-2)13-25-12-17(20(26)14-25)11-16-7-9-23-10-8-16/h3-10,17,20,26H,11-14H2,1-2H3/t17-,20+/m1/s1. The van der Waals surface area contributed by atoms with E-state index in [0.29, 0.717) is 19.0 Å². The number of hydrogen-bond donors (Lipinski definition) is 1. The Bertz CT molecular complexity index is 926. The molecule has 1 aliphatic heterocycles. The summed E-state index contributed by atoms with van der Waals surface area (Å²) in [5.41, 5.74) is 2.95. The third-order valence-electron chi connectivity index (χ3n) is 5.33. The van der Waals surface area contributed by atoms with Gasteiger partial charge in [-0.3, -0.25) is 9.88 Å². The number of methoxy groups -OCH3 is 1. The van der Waals surface area contributed by atoms with Gasteiger partial charge < -0.3 is 14.3 Å². The van der Waals surface area contributed by atoms with E-state index in [4.69, 9.17) is 14.1 Å². The number of oxazole rings is 1. The van der Waals surface area contributed by atoms with Crippen LogP contribution in [0.2, 0.25) is 0 Å². The van der Waals surface area contributed by atoms with Crippen LogP contribution in [0.1, 0.15) is 17.0 Å². The van der Waals surface area contributed by atoms with Crippen LogP contribution >= 0.6 is 0 Å². The summed E-state index contributed by atoms with van der Waals surface area (Å²) >= 11 is 0. The molecule has 3 aromatic rings. The van der Waals surface area contributed by atoms with Crippen molar-refractivity contribution in [2.24, 2.45) is 5.92 Å². The molecule has 1 N–H and O–H groups in total. The maximum atomic E-state index is 10.5. The molecular formula is C22H25N3O3. The number of ether oxygens (including phenoxy) is 1. The average molecular weight is 379 g/mol. The largest absolute Gasteiger partial charge is 0.496 e. The summed E-state index contributed by atoms with van der Waals surface area (Å²) in [4.78, 5) is 11.0.